The summed E-state index contributed by atoms with van der Waals surface area (Å²) < 4.78 is 5.80. The Morgan fingerprint density at radius 2 is 1.86 bits per heavy atom. The Labute approximate surface area is 168 Å². The molecule has 0 aliphatic heterocycles. The van der Waals surface area contributed by atoms with Crippen molar-refractivity contribution in [2.45, 2.75) is 13.8 Å². The number of hydrogen-bond acceptors (Lipinski definition) is 6. The lowest BCUT2D eigenvalue weighted by molar-refractivity contribution is -0.139. The van der Waals surface area contributed by atoms with Crippen LogP contribution < -0.4 is 21.1 Å². The Hall–Kier alpha value is -3.68. The third-order valence-electron chi connectivity index (χ3n) is 4.43. The van der Waals surface area contributed by atoms with Crippen LogP contribution >= 0.6 is 0 Å². The molecule has 8 nitrogen and oxygen atoms in total. The first-order valence-electron chi connectivity index (χ1n) is 9.17. The van der Waals surface area contributed by atoms with Crippen molar-refractivity contribution in [1.29, 1.82) is 0 Å². The van der Waals surface area contributed by atoms with Crippen molar-refractivity contribution < 1.29 is 14.3 Å². The van der Waals surface area contributed by atoms with Crippen molar-refractivity contribution in [3.05, 3.63) is 54.7 Å². The summed E-state index contributed by atoms with van der Waals surface area (Å²) in [5.74, 6) is -0.0935. The number of para-hydroxylation sites is 2. The highest BCUT2D eigenvalue weighted by Crippen LogP contribution is 2.25. The Bertz CT molecular complexity index is 1020. The van der Waals surface area contributed by atoms with Crippen LogP contribution in [0.1, 0.15) is 13.8 Å². The minimum absolute atomic E-state index is 0.213. The SMILES string of the molecule is CC(C)(C(N)=O)C(=O)NCCOc1cccc2cnc(Nc3ccccc3)nc12. The van der Waals surface area contributed by atoms with Crippen LogP contribution in [0.5, 0.6) is 5.75 Å². The first kappa shape index (κ1) is 20.1. The predicted octanol–water partition coefficient (Wildman–Crippen LogP) is 2.38. The topological polar surface area (TPSA) is 119 Å². The van der Waals surface area contributed by atoms with Gasteiger partial charge in [0.2, 0.25) is 17.8 Å². The predicted molar refractivity (Wildman–Crippen MR) is 111 cm³/mol. The third kappa shape index (κ3) is 4.78. The molecule has 0 saturated carbocycles. The van der Waals surface area contributed by atoms with Crippen molar-refractivity contribution in [2.75, 3.05) is 18.5 Å². The molecule has 0 unspecified atom stereocenters. The third-order valence-corrected chi connectivity index (χ3v) is 4.43. The van der Waals surface area contributed by atoms with E-state index in [2.05, 4.69) is 20.6 Å². The van der Waals surface area contributed by atoms with Crippen molar-refractivity contribution in [2.24, 2.45) is 11.1 Å². The zero-order chi connectivity index (χ0) is 20.9. The van der Waals surface area contributed by atoms with Gasteiger partial charge in [-0.15, -0.1) is 0 Å². The molecule has 4 N–H and O–H groups in total. The highest BCUT2D eigenvalue weighted by atomic mass is 16.5. The van der Waals surface area contributed by atoms with Gasteiger partial charge in [-0.2, -0.15) is 0 Å². The van der Waals surface area contributed by atoms with Gasteiger partial charge in [0.05, 0.1) is 6.54 Å². The zero-order valence-electron chi connectivity index (χ0n) is 16.3. The lowest BCUT2D eigenvalue weighted by atomic mass is 9.91. The van der Waals surface area contributed by atoms with Crippen LogP contribution in [-0.4, -0.2) is 34.9 Å². The van der Waals surface area contributed by atoms with E-state index < -0.39 is 17.2 Å². The summed E-state index contributed by atoms with van der Waals surface area (Å²) in [4.78, 5) is 32.3. The van der Waals surface area contributed by atoms with Crippen LogP contribution in [0.4, 0.5) is 11.6 Å². The summed E-state index contributed by atoms with van der Waals surface area (Å²) in [6.45, 7) is 3.40. The number of nitrogens with one attached hydrogen (secondary N) is 2. The molecular formula is C21H23N5O3. The fourth-order valence-electron chi connectivity index (χ4n) is 2.51. The van der Waals surface area contributed by atoms with Gasteiger partial charge in [0.25, 0.3) is 0 Å². The van der Waals surface area contributed by atoms with Crippen LogP contribution in [0.25, 0.3) is 10.9 Å². The molecule has 0 bridgehead atoms. The molecule has 0 spiro atoms. The fourth-order valence-corrected chi connectivity index (χ4v) is 2.51. The lowest BCUT2D eigenvalue weighted by Gasteiger charge is -2.19. The van der Waals surface area contributed by atoms with E-state index in [0.29, 0.717) is 17.2 Å². The average Bonchev–Trinajstić information content (AvgIpc) is 2.71. The van der Waals surface area contributed by atoms with Gasteiger partial charge in [-0.1, -0.05) is 30.3 Å². The normalized spacial score (nSPS) is 11.1. The second-order valence-electron chi connectivity index (χ2n) is 6.97. The molecule has 3 rings (SSSR count). The number of anilines is 2. The molecule has 0 radical (unpaired) electrons. The van der Waals surface area contributed by atoms with E-state index in [1.165, 1.54) is 13.8 Å². The van der Waals surface area contributed by atoms with Gasteiger partial charge in [-0.25, -0.2) is 9.97 Å². The Morgan fingerprint density at radius 1 is 1.10 bits per heavy atom. The number of nitrogens with zero attached hydrogens (tertiary/aromatic N) is 2. The molecule has 0 saturated heterocycles. The second-order valence-corrected chi connectivity index (χ2v) is 6.97. The number of benzene rings is 2. The van der Waals surface area contributed by atoms with Gasteiger partial charge in [0.15, 0.2) is 0 Å². The van der Waals surface area contributed by atoms with E-state index in [1.54, 1.807) is 12.3 Å². The lowest BCUT2D eigenvalue weighted by Crippen LogP contribution is -2.46. The molecule has 0 fully saturated rings. The maximum absolute atomic E-state index is 12.1. The highest BCUT2D eigenvalue weighted by molar-refractivity contribution is 6.03. The standard InChI is InChI=1S/C21H23N5O3/c1-21(2,18(22)27)19(28)23-11-12-29-16-10-6-7-14-13-24-20(26-17(14)16)25-15-8-4-3-5-9-15/h3-10,13H,11-12H2,1-2H3,(H2,22,27)(H,23,28)(H,24,25,26). The minimum Gasteiger partial charge on any atom is -0.489 e. The maximum atomic E-state index is 12.1. The Morgan fingerprint density at radius 3 is 2.59 bits per heavy atom. The van der Waals surface area contributed by atoms with Gasteiger partial charge >= 0.3 is 0 Å². The largest absolute Gasteiger partial charge is 0.489 e. The Balaban J connectivity index is 1.67. The quantitative estimate of drug-likeness (QED) is 0.399. The summed E-state index contributed by atoms with van der Waals surface area (Å²) in [7, 11) is 0. The fraction of sp³-hybridized carbons (Fsp3) is 0.238. The van der Waals surface area contributed by atoms with Crippen molar-refractivity contribution in [3.63, 3.8) is 0 Å². The zero-order valence-corrected chi connectivity index (χ0v) is 16.3. The first-order valence-corrected chi connectivity index (χ1v) is 9.17. The summed E-state index contributed by atoms with van der Waals surface area (Å²) in [5.41, 5.74) is 5.51. The average molecular weight is 393 g/mol. The number of nitrogens with two attached hydrogens (primary N) is 1. The van der Waals surface area contributed by atoms with Crippen LogP contribution in [0.15, 0.2) is 54.7 Å². The van der Waals surface area contributed by atoms with Crippen LogP contribution in [0, 0.1) is 5.41 Å². The van der Waals surface area contributed by atoms with Gasteiger partial charge in [-0.3, -0.25) is 9.59 Å². The number of hydrogen-bond donors (Lipinski definition) is 3. The van der Waals surface area contributed by atoms with Crippen LogP contribution in [-0.2, 0) is 9.59 Å². The molecule has 0 aliphatic carbocycles. The summed E-state index contributed by atoms with van der Waals surface area (Å²) >= 11 is 0. The summed E-state index contributed by atoms with van der Waals surface area (Å²) in [5, 5.41) is 6.64. The molecule has 150 valence electrons. The molecule has 3 aromatic rings. The van der Waals surface area contributed by atoms with E-state index in [4.69, 9.17) is 10.5 Å². The van der Waals surface area contributed by atoms with E-state index in [0.717, 1.165) is 11.1 Å². The first-order chi connectivity index (χ1) is 13.9. The molecular weight excluding hydrogens is 370 g/mol. The summed E-state index contributed by atoms with van der Waals surface area (Å²) in [6, 6.07) is 15.2. The molecule has 1 aromatic heterocycles. The summed E-state index contributed by atoms with van der Waals surface area (Å²) in [6.07, 6.45) is 1.72. The van der Waals surface area contributed by atoms with Gasteiger partial charge in [0.1, 0.15) is 23.3 Å². The maximum Gasteiger partial charge on any atom is 0.235 e. The number of carbonyl (C=O) groups excluding carboxylic acids is 2. The van der Waals surface area contributed by atoms with Gasteiger partial charge < -0.3 is 21.1 Å². The highest BCUT2D eigenvalue weighted by Gasteiger charge is 2.33. The van der Waals surface area contributed by atoms with Crippen LogP contribution in [0.3, 0.4) is 0 Å². The van der Waals surface area contributed by atoms with Gasteiger partial charge in [-0.05, 0) is 32.0 Å². The van der Waals surface area contributed by atoms with Crippen LogP contribution in [0.2, 0.25) is 0 Å². The molecule has 0 atom stereocenters. The van der Waals surface area contributed by atoms with E-state index in [-0.39, 0.29) is 13.2 Å². The number of carbonyl (C=O) groups is 2. The van der Waals surface area contributed by atoms with Crippen molar-refractivity contribution >= 4 is 34.4 Å². The number of amides is 2. The molecule has 29 heavy (non-hydrogen) atoms. The number of primary amides is 1. The van der Waals surface area contributed by atoms with Gasteiger partial charge in [0, 0.05) is 17.3 Å². The molecule has 0 aliphatic rings. The van der Waals surface area contributed by atoms with E-state index in [1.807, 2.05) is 42.5 Å². The molecule has 2 amide bonds. The molecule has 1 heterocycles. The number of aromatic nitrogens is 2. The number of fused-ring (bicyclic) bond motifs is 1. The van der Waals surface area contributed by atoms with Crippen molar-refractivity contribution in [3.8, 4) is 5.75 Å². The number of ether oxygens (including phenoxy) is 1. The molecule has 2 aromatic carbocycles. The second kappa shape index (κ2) is 8.55. The Kier molecular flexibility index (Phi) is 5.92. The monoisotopic (exact) mass is 393 g/mol. The number of rotatable bonds is 8. The van der Waals surface area contributed by atoms with E-state index in [9.17, 15) is 9.59 Å². The van der Waals surface area contributed by atoms with E-state index >= 15 is 0 Å². The molecule has 8 heteroatoms. The smallest absolute Gasteiger partial charge is 0.235 e. The van der Waals surface area contributed by atoms with Crippen molar-refractivity contribution in [1.82, 2.24) is 15.3 Å². The minimum atomic E-state index is -1.27.